The summed E-state index contributed by atoms with van der Waals surface area (Å²) in [5.74, 6) is 0. The molecular formula is C15H23N3. The van der Waals surface area contributed by atoms with E-state index in [0.717, 1.165) is 13.1 Å². The monoisotopic (exact) mass is 245 g/mol. The van der Waals surface area contributed by atoms with Gasteiger partial charge in [-0.1, -0.05) is 32.0 Å². The number of nitrogens with one attached hydrogen (secondary N) is 2. The summed E-state index contributed by atoms with van der Waals surface area (Å²) in [5, 5.41) is 4.82. The van der Waals surface area contributed by atoms with Gasteiger partial charge in [0.25, 0.3) is 0 Å². The zero-order chi connectivity index (χ0) is 13.2. The molecule has 3 nitrogen and oxygen atoms in total. The Labute approximate surface area is 109 Å². The lowest BCUT2D eigenvalue weighted by Gasteiger charge is -2.22. The van der Waals surface area contributed by atoms with Gasteiger partial charge >= 0.3 is 0 Å². The highest BCUT2D eigenvalue weighted by atomic mass is 14.9. The highest BCUT2D eigenvalue weighted by Crippen LogP contribution is 2.21. The van der Waals surface area contributed by atoms with Crippen LogP contribution < -0.4 is 11.1 Å². The van der Waals surface area contributed by atoms with Gasteiger partial charge in [-0.15, -0.1) is 0 Å². The predicted octanol–water partition coefficient (Wildman–Crippen LogP) is 2.55. The van der Waals surface area contributed by atoms with Crippen molar-refractivity contribution < 1.29 is 0 Å². The molecule has 0 aliphatic carbocycles. The van der Waals surface area contributed by atoms with Gasteiger partial charge in [0.05, 0.1) is 0 Å². The van der Waals surface area contributed by atoms with Gasteiger partial charge in [0.15, 0.2) is 0 Å². The van der Waals surface area contributed by atoms with Crippen LogP contribution in [0.2, 0.25) is 0 Å². The Morgan fingerprint density at radius 3 is 2.72 bits per heavy atom. The lowest BCUT2D eigenvalue weighted by molar-refractivity contribution is 0.351. The molecule has 1 aromatic carbocycles. The van der Waals surface area contributed by atoms with Gasteiger partial charge in [-0.3, -0.25) is 0 Å². The molecular weight excluding hydrogens is 222 g/mol. The number of hydrogen-bond donors (Lipinski definition) is 3. The number of aromatic nitrogens is 1. The first kappa shape index (κ1) is 13.1. The number of aromatic amines is 1. The molecule has 0 spiro atoms. The minimum Gasteiger partial charge on any atom is -0.358 e. The molecule has 4 N–H and O–H groups in total. The molecule has 0 radical (unpaired) electrons. The summed E-state index contributed by atoms with van der Waals surface area (Å²) >= 11 is 0. The molecule has 2 rings (SSSR count). The summed E-state index contributed by atoms with van der Waals surface area (Å²) in [7, 11) is 0. The first-order valence-corrected chi connectivity index (χ1v) is 6.50. The highest BCUT2D eigenvalue weighted by Gasteiger charge is 2.15. The Morgan fingerprint density at radius 1 is 1.28 bits per heavy atom. The van der Waals surface area contributed by atoms with Crippen LogP contribution in [-0.2, 0) is 6.54 Å². The molecule has 18 heavy (non-hydrogen) atoms. The van der Waals surface area contributed by atoms with E-state index in [-0.39, 0.29) is 5.41 Å². The fourth-order valence-corrected chi connectivity index (χ4v) is 2.16. The first-order chi connectivity index (χ1) is 8.53. The summed E-state index contributed by atoms with van der Waals surface area (Å²) in [6, 6.07) is 8.44. The second kappa shape index (κ2) is 5.12. The second-order valence-electron chi connectivity index (χ2n) is 5.75. The topological polar surface area (TPSA) is 53.8 Å². The number of para-hydroxylation sites is 1. The minimum absolute atomic E-state index is 0.153. The average molecular weight is 245 g/mol. The van der Waals surface area contributed by atoms with Crippen molar-refractivity contribution >= 4 is 10.9 Å². The van der Waals surface area contributed by atoms with Gasteiger partial charge in [-0.2, -0.15) is 0 Å². The number of fused-ring (bicyclic) bond motifs is 1. The Kier molecular flexibility index (Phi) is 3.73. The van der Waals surface area contributed by atoms with Gasteiger partial charge in [-0.05, 0) is 30.5 Å². The van der Waals surface area contributed by atoms with Crippen molar-refractivity contribution in [1.82, 2.24) is 10.3 Å². The molecule has 0 bridgehead atoms. The molecule has 1 heterocycles. The van der Waals surface area contributed by atoms with Crippen LogP contribution in [0.5, 0.6) is 0 Å². The van der Waals surface area contributed by atoms with Crippen molar-refractivity contribution in [2.24, 2.45) is 11.1 Å². The summed E-state index contributed by atoms with van der Waals surface area (Å²) in [4.78, 5) is 3.42. The molecule has 0 saturated carbocycles. The third kappa shape index (κ3) is 2.74. The Morgan fingerprint density at radius 2 is 2.00 bits per heavy atom. The third-order valence-electron chi connectivity index (χ3n) is 3.48. The molecule has 0 unspecified atom stereocenters. The van der Waals surface area contributed by atoms with Crippen LogP contribution in [0.1, 0.15) is 25.1 Å². The van der Waals surface area contributed by atoms with Crippen molar-refractivity contribution in [3.05, 3.63) is 35.5 Å². The van der Waals surface area contributed by atoms with Gasteiger partial charge in [0, 0.05) is 29.7 Å². The number of hydrogen-bond acceptors (Lipinski definition) is 2. The molecule has 0 aliphatic heterocycles. The molecule has 0 amide bonds. The largest absolute Gasteiger partial charge is 0.358 e. The highest BCUT2D eigenvalue weighted by molar-refractivity contribution is 5.84. The van der Waals surface area contributed by atoms with Crippen molar-refractivity contribution in [2.45, 2.75) is 27.3 Å². The van der Waals surface area contributed by atoms with E-state index in [1.54, 1.807) is 0 Å². The van der Waals surface area contributed by atoms with Crippen molar-refractivity contribution in [2.75, 3.05) is 13.1 Å². The standard InChI is InChI=1S/C15H23N3/c1-11-13(8-17-10-15(2,3)9-16)12-6-4-5-7-14(12)18-11/h4-7,17-18H,8-10,16H2,1-3H3. The second-order valence-corrected chi connectivity index (χ2v) is 5.75. The third-order valence-corrected chi connectivity index (χ3v) is 3.48. The van der Waals surface area contributed by atoms with Crippen LogP contribution in [0.15, 0.2) is 24.3 Å². The number of H-pyrrole nitrogens is 1. The number of benzene rings is 1. The first-order valence-electron chi connectivity index (χ1n) is 6.50. The molecule has 0 aliphatic rings. The normalized spacial score (nSPS) is 12.2. The lowest BCUT2D eigenvalue weighted by atomic mass is 9.94. The van der Waals surface area contributed by atoms with Crippen molar-refractivity contribution in [3.8, 4) is 0 Å². The van der Waals surface area contributed by atoms with Crippen LogP contribution in [0.4, 0.5) is 0 Å². The Balaban J connectivity index is 2.10. The summed E-state index contributed by atoms with van der Waals surface area (Å²) in [5.41, 5.74) is 9.71. The van der Waals surface area contributed by atoms with Crippen molar-refractivity contribution in [1.29, 1.82) is 0 Å². The summed E-state index contributed by atoms with van der Waals surface area (Å²) in [6.45, 7) is 9.02. The van der Waals surface area contributed by atoms with Gasteiger partial charge in [0.1, 0.15) is 0 Å². The van der Waals surface area contributed by atoms with Crippen LogP contribution in [-0.4, -0.2) is 18.1 Å². The Hall–Kier alpha value is -1.32. The number of aryl methyl sites for hydroxylation is 1. The molecule has 3 heteroatoms. The Bertz CT molecular complexity index is 526. The molecule has 0 saturated heterocycles. The van der Waals surface area contributed by atoms with E-state index >= 15 is 0 Å². The maximum Gasteiger partial charge on any atom is 0.0459 e. The molecule has 2 aromatic rings. The van der Waals surface area contributed by atoms with E-state index in [1.807, 2.05) is 0 Å². The SMILES string of the molecule is Cc1[nH]c2ccccc2c1CNCC(C)(C)CN. The van der Waals surface area contributed by atoms with E-state index < -0.39 is 0 Å². The summed E-state index contributed by atoms with van der Waals surface area (Å²) < 4.78 is 0. The number of rotatable bonds is 5. The maximum atomic E-state index is 5.74. The average Bonchev–Trinajstić information content (AvgIpc) is 2.66. The number of nitrogens with two attached hydrogens (primary N) is 1. The predicted molar refractivity (Wildman–Crippen MR) is 77.6 cm³/mol. The maximum absolute atomic E-state index is 5.74. The molecule has 0 atom stereocenters. The zero-order valence-corrected chi connectivity index (χ0v) is 11.5. The zero-order valence-electron chi connectivity index (χ0n) is 11.5. The van der Waals surface area contributed by atoms with E-state index in [9.17, 15) is 0 Å². The van der Waals surface area contributed by atoms with E-state index in [0.29, 0.717) is 6.54 Å². The van der Waals surface area contributed by atoms with Gasteiger partial charge < -0.3 is 16.0 Å². The van der Waals surface area contributed by atoms with Gasteiger partial charge in [0.2, 0.25) is 0 Å². The fraction of sp³-hybridized carbons (Fsp3) is 0.467. The smallest absolute Gasteiger partial charge is 0.0459 e. The van der Waals surface area contributed by atoms with Gasteiger partial charge in [-0.25, -0.2) is 0 Å². The van der Waals surface area contributed by atoms with Crippen molar-refractivity contribution in [3.63, 3.8) is 0 Å². The lowest BCUT2D eigenvalue weighted by Crippen LogP contribution is -2.35. The summed E-state index contributed by atoms with van der Waals surface area (Å²) in [6.07, 6.45) is 0. The van der Waals surface area contributed by atoms with Crippen LogP contribution in [0, 0.1) is 12.3 Å². The molecule has 0 fully saturated rings. The molecule has 98 valence electrons. The van der Waals surface area contributed by atoms with E-state index in [4.69, 9.17) is 5.73 Å². The quantitative estimate of drug-likeness (QED) is 0.758. The van der Waals surface area contributed by atoms with Crippen LogP contribution in [0.3, 0.4) is 0 Å². The van der Waals surface area contributed by atoms with E-state index in [2.05, 4.69) is 55.3 Å². The van der Waals surface area contributed by atoms with E-state index in [1.165, 1.54) is 22.2 Å². The van der Waals surface area contributed by atoms with Crippen LogP contribution >= 0.6 is 0 Å². The van der Waals surface area contributed by atoms with Crippen LogP contribution in [0.25, 0.3) is 10.9 Å². The fourth-order valence-electron chi connectivity index (χ4n) is 2.16. The molecule has 1 aromatic heterocycles. The minimum atomic E-state index is 0.153.